The lowest BCUT2D eigenvalue weighted by Crippen LogP contribution is -2.33. The fraction of sp³-hybridized carbons (Fsp3) is 0.385. The Morgan fingerprint density at radius 1 is 1.11 bits per heavy atom. The molecule has 0 unspecified atom stereocenters. The third-order valence-electron chi connectivity index (χ3n) is 5.88. The monoisotopic (exact) mass is 527 g/mol. The Morgan fingerprint density at radius 2 is 1.75 bits per heavy atom. The number of carbonyl (C=O) groups is 1. The van der Waals surface area contributed by atoms with Crippen molar-refractivity contribution in [3.05, 3.63) is 46.8 Å². The summed E-state index contributed by atoms with van der Waals surface area (Å²) in [7, 11) is -3.64. The van der Waals surface area contributed by atoms with Gasteiger partial charge in [0.2, 0.25) is 16.8 Å². The summed E-state index contributed by atoms with van der Waals surface area (Å²) in [5, 5.41) is 0. The van der Waals surface area contributed by atoms with Crippen LogP contribution in [0.25, 0.3) is 10.2 Å². The van der Waals surface area contributed by atoms with Crippen LogP contribution in [0.15, 0.2) is 46.3 Å². The van der Waals surface area contributed by atoms with Crippen molar-refractivity contribution >= 4 is 37.5 Å². The number of aromatic nitrogens is 1. The molecule has 0 spiro atoms. The van der Waals surface area contributed by atoms with Crippen molar-refractivity contribution in [2.75, 3.05) is 19.9 Å². The molecule has 0 bridgehead atoms. The van der Waals surface area contributed by atoms with Crippen molar-refractivity contribution < 1.29 is 22.7 Å². The molecule has 4 rings (SSSR count). The Kier molecular flexibility index (Phi) is 8.14. The predicted octanol–water partition coefficient (Wildman–Crippen LogP) is 4.40. The van der Waals surface area contributed by atoms with Crippen LogP contribution in [0.4, 0.5) is 0 Å². The molecule has 36 heavy (non-hydrogen) atoms. The van der Waals surface area contributed by atoms with Gasteiger partial charge in [0.05, 0.1) is 21.7 Å². The standard InChI is InChI=1S/C26H29N3O5S2/c1-4-7-14-28(15-8-5-2)36(31,32)20-11-9-19(10-12-20)25(30)27-26-29(13-6-3)21-16-22-23(34-18-33-22)17-24(21)35-26/h3,9-12,16-17H,4-5,7-8,13-15,18H2,1-2H3. The molecule has 1 amide bonds. The van der Waals surface area contributed by atoms with Gasteiger partial charge in [-0.3, -0.25) is 4.79 Å². The number of thiazole rings is 1. The molecule has 2 aromatic carbocycles. The molecule has 1 aliphatic heterocycles. The average molecular weight is 528 g/mol. The SMILES string of the molecule is C#CCn1c(=NC(=O)c2ccc(S(=O)(=O)N(CCCC)CCCC)cc2)sc2cc3c(cc21)OCO3. The van der Waals surface area contributed by atoms with E-state index in [1.807, 2.05) is 26.0 Å². The number of sulfonamides is 1. The summed E-state index contributed by atoms with van der Waals surface area (Å²) in [6.07, 6.45) is 8.98. The number of rotatable bonds is 10. The summed E-state index contributed by atoms with van der Waals surface area (Å²) >= 11 is 1.32. The fourth-order valence-electron chi connectivity index (χ4n) is 3.88. The van der Waals surface area contributed by atoms with E-state index in [-0.39, 0.29) is 18.2 Å². The lowest BCUT2D eigenvalue weighted by atomic mass is 10.2. The van der Waals surface area contributed by atoms with Crippen LogP contribution < -0.4 is 14.3 Å². The molecule has 190 valence electrons. The van der Waals surface area contributed by atoms with Crippen LogP contribution in [-0.4, -0.2) is 43.1 Å². The Hall–Kier alpha value is -3.13. The maximum absolute atomic E-state index is 13.2. The van der Waals surface area contributed by atoms with Crippen molar-refractivity contribution in [2.24, 2.45) is 4.99 Å². The molecule has 8 nitrogen and oxygen atoms in total. The van der Waals surface area contributed by atoms with Crippen molar-refractivity contribution in [2.45, 2.75) is 51.0 Å². The van der Waals surface area contributed by atoms with Gasteiger partial charge in [-0.05, 0) is 37.1 Å². The lowest BCUT2D eigenvalue weighted by Gasteiger charge is -2.22. The van der Waals surface area contributed by atoms with Gasteiger partial charge in [0, 0.05) is 30.8 Å². The van der Waals surface area contributed by atoms with Gasteiger partial charge in [0.15, 0.2) is 16.3 Å². The zero-order valence-electron chi connectivity index (χ0n) is 20.4. The van der Waals surface area contributed by atoms with E-state index in [4.69, 9.17) is 15.9 Å². The number of ether oxygens (including phenoxy) is 2. The Balaban J connectivity index is 1.63. The van der Waals surface area contributed by atoms with Gasteiger partial charge in [-0.2, -0.15) is 9.30 Å². The van der Waals surface area contributed by atoms with Crippen LogP contribution >= 0.6 is 11.3 Å². The van der Waals surface area contributed by atoms with Crippen LogP contribution in [0.1, 0.15) is 49.9 Å². The molecule has 0 aliphatic carbocycles. The highest BCUT2D eigenvalue weighted by atomic mass is 32.2. The number of hydrogen-bond donors (Lipinski definition) is 0. The maximum atomic E-state index is 13.2. The number of fused-ring (bicyclic) bond motifs is 2. The highest BCUT2D eigenvalue weighted by Gasteiger charge is 2.24. The minimum Gasteiger partial charge on any atom is -0.454 e. The normalized spacial score (nSPS) is 13.4. The number of nitrogens with zero attached hydrogens (tertiary/aromatic N) is 3. The van der Waals surface area contributed by atoms with Crippen molar-refractivity contribution in [3.8, 4) is 23.8 Å². The predicted molar refractivity (Wildman–Crippen MR) is 140 cm³/mol. The topological polar surface area (TPSA) is 90.2 Å². The van der Waals surface area contributed by atoms with Gasteiger partial charge < -0.3 is 14.0 Å². The number of carbonyl (C=O) groups excluding carboxylic acids is 1. The molecule has 10 heteroatoms. The van der Waals surface area contributed by atoms with Crippen LogP contribution in [0.3, 0.4) is 0 Å². The van der Waals surface area contributed by atoms with Gasteiger partial charge in [-0.1, -0.05) is 43.9 Å². The van der Waals surface area contributed by atoms with Crippen molar-refractivity contribution in [3.63, 3.8) is 0 Å². The van der Waals surface area contributed by atoms with Gasteiger partial charge in [-0.25, -0.2) is 8.42 Å². The van der Waals surface area contributed by atoms with E-state index in [0.29, 0.717) is 35.0 Å². The third kappa shape index (κ3) is 5.33. The van der Waals surface area contributed by atoms with Crippen LogP contribution in [0.2, 0.25) is 0 Å². The van der Waals surface area contributed by atoms with E-state index in [1.54, 1.807) is 4.57 Å². The highest BCUT2D eigenvalue weighted by molar-refractivity contribution is 7.89. The molecule has 0 saturated heterocycles. The number of amides is 1. The third-order valence-corrected chi connectivity index (χ3v) is 8.84. The summed E-state index contributed by atoms with van der Waals surface area (Å²) in [6.45, 7) is 5.43. The molecular weight excluding hydrogens is 498 g/mol. The quantitative estimate of drug-likeness (QED) is 0.365. The Labute approximate surface area is 215 Å². The summed E-state index contributed by atoms with van der Waals surface area (Å²) in [5.74, 6) is 3.38. The lowest BCUT2D eigenvalue weighted by molar-refractivity contribution is 0.0997. The van der Waals surface area contributed by atoms with E-state index in [2.05, 4.69) is 10.9 Å². The number of hydrogen-bond acceptors (Lipinski definition) is 6. The number of unbranched alkanes of at least 4 members (excludes halogenated alkanes) is 2. The first-order valence-electron chi connectivity index (χ1n) is 11.9. The molecule has 2 heterocycles. The molecule has 0 atom stereocenters. The second-order valence-electron chi connectivity index (χ2n) is 8.40. The second kappa shape index (κ2) is 11.3. The van der Waals surface area contributed by atoms with Crippen molar-refractivity contribution in [1.29, 1.82) is 0 Å². The van der Waals surface area contributed by atoms with Gasteiger partial charge >= 0.3 is 0 Å². The molecule has 0 radical (unpaired) electrons. The first kappa shape index (κ1) is 25.9. The molecule has 1 aliphatic rings. The van der Waals surface area contributed by atoms with E-state index in [9.17, 15) is 13.2 Å². The Bertz CT molecular complexity index is 1460. The van der Waals surface area contributed by atoms with Crippen molar-refractivity contribution in [1.82, 2.24) is 8.87 Å². The first-order valence-corrected chi connectivity index (χ1v) is 14.2. The molecule has 0 saturated carbocycles. The smallest absolute Gasteiger partial charge is 0.279 e. The Morgan fingerprint density at radius 3 is 2.36 bits per heavy atom. The fourth-order valence-corrected chi connectivity index (χ4v) is 6.44. The molecule has 1 aromatic heterocycles. The zero-order valence-corrected chi connectivity index (χ0v) is 22.0. The molecular formula is C26H29N3O5S2. The van der Waals surface area contributed by atoms with Gasteiger partial charge in [-0.15, -0.1) is 6.42 Å². The van der Waals surface area contributed by atoms with Crippen LogP contribution in [0, 0.1) is 12.3 Å². The van der Waals surface area contributed by atoms with E-state index in [0.717, 1.165) is 35.9 Å². The summed E-state index contributed by atoms with van der Waals surface area (Å²) in [5.41, 5.74) is 1.09. The molecule has 3 aromatic rings. The second-order valence-corrected chi connectivity index (χ2v) is 11.3. The highest BCUT2D eigenvalue weighted by Crippen LogP contribution is 2.37. The van der Waals surface area contributed by atoms with E-state index < -0.39 is 15.9 Å². The largest absolute Gasteiger partial charge is 0.454 e. The summed E-state index contributed by atoms with van der Waals surface area (Å²) < 4.78 is 41.5. The van der Waals surface area contributed by atoms with Crippen LogP contribution in [-0.2, 0) is 16.6 Å². The minimum atomic E-state index is -3.64. The summed E-state index contributed by atoms with van der Waals surface area (Å²) in [6, 6.07) is 9.64. The summed E-state index contributed by atoms with van der Waals surface area (Å²) in [4.78, 5) is 17.9. The van der Waals surface area contributed by atoms with E-state index in [1.165, 1.54) is 39.9 Å². The molecule has 0 N–H and O–H groups in total. The average Bonchev–Trinajstić information content (AvgIpc) is 3.46. The van der Waals surface area contributed by atoms with Gasteiger partial charge in [0.1, 0.15) is 0 Å². The number of benzene rings is 2. The number of terminal acetylenes is 1. The van der Waals surface area contributed by atoms with Crippen LogP contribution in [0.5, 0.6) is 11.5 Å². The zero-order chi connectivity index (χ0) is 25.7. The van der Waals surface area contributed by atoms with Gasteiger partial charge in [0.25, 0.3) is 5.91 Å². The van der Waals surface area contributed by atoms with E-state index >= 15 is 0 Å². The first-order chi connectivity index (χ1) is 17.4. The minimum absolute atomic E-state index is 0.165. The maximum Gasteiger partial charge on any atom is 0.279 e. The molecule has 0 fully saturated rings.